The summed E-state index contributed by atoms with van der Waals surface area (Å²) in [6.07, 6.45) is 1.42. The smallest absolute Gasteiger partial charge is 0.241 e. The van der Waals surface area contributed by atoms with Crippen LogP contribution in [0.25, 0.3) is 0 Å². The standard InChI is InChI=1S/C8H9N5OS2/c1-2-14-6-5(9)7(11-3-10-6)16-8-13-12-4-15-8/h3-4H,2,9H2,1H3. The monoisotopic (exact) mass is 255 g/mol. The number of hydrogen-bond acceptors (Lipinski definition) is 8. The molecule has 0 saturated heterocycles. The van der Waals surface area contributed by atoms with Gasteiger partial charge in [-0.1, -0.05) is 11.3 Å². The van der Waals surface area contributed by atoms with Crippen LogP contribution in [0.5, 0.6) is 5.88 Å². The van der Waals surface area contributed by atoms with Gasteiger partial charge < -0.3 is 10.5 Å². The van der Waals surface area contributed by atoms with Crippen molar-refractivity contribution >= 4 is 28.8 Å². The van der Waals surface area contributed by atoms with Crippen molar-refractivity contribution in [1.29, 1.82) is 0 Å². The van der Waals surface area contributed by atoms with Crippen molar-refractivity contribution < 1.29 is 4.74 Å². The predicted molar refractivity (Wildman–Crippen MR) is 61.6 cm³/mol. The second-order valence-electron chi connectivity index (χ2n) is 2.64. The summed E-state index contributed by atoms with van der Waals surface area (Å²) in [5, 5.41) is 8.28. The van der Waals surface area contributed by atoms with E-state index in [0.717, 1.165) is 4.34 Å². The molecule has 84 valence electrons. The van der Waals surface area contributed by atoms with E-state index in [1.807, 2.05) is 6.92 Å². The zero-order valence-electron chi connectivity index (χ0n) is 8.45. The van der Waals surface area contributed by atoms with Crippen molar-refractivity contribution in [1.82, 2.24) is 20.2 Å². The minimum absolute atomic E-state index is 0.407. The Balaban J connectivity index is 2.24. The Morgan fingerprint density at radius 2 is 2.38 bits per heavy atom. The molecule has 0 atom stereocenters. The molecule has 0 saturated carbocycles. The molecule has 2 aromatic rings. The highest BCUT2D eigenvalue weighted by molar-refractivity contribution is 8.01. The van der Waals surface area contributed by atoms with Crippen molar-refractivity contribution in [2.45, 2.75) is 16.3 Å². The molecule has 8 heteroatoms. The fourth-order valence-electron chi connectivity index (χ4n) is 0.987. The summed E-state index contributed by atoms with van der Waals surface area (Å²) in [4.78, 5) is 8.04. The van der Waals surface area contributed by atoms with E-state index in [-0.39, 0.29) is 0 Å². The molecule has 0 fully saturated rings. The summed E-state index contributed by atoms with van der Waals surface area (Å²) in [5.74, 6) is 0.407. The van der Waals surface area contributed by atoms with Crippen LogP contribution in [0.2, 0.25) is 0 Å². The van der Waals surface area contributed by atoms with Crippen molar-refractivity contribution in [3.05, 3.63) is 11.8 Å². The molecular formula is C8H9N5OS2. The zero-order chi connectivity index (χ0) is 11.4. The minimum Gasteiger partial charge on any atom is -0.476 e. The van der Waals surface area contributed by atoms with Crippen LogP contribution in [0.4, 0.5) is 5.69 Å². The van der Waals surface area contributed by atoms with Gasteiger partial charge in [0.25, 0.3) is 0 Å². The van der Waals surface area contributed by atoms with Gasteiger partial charge in [-0.05, 0) is 18.7 Å². The summed E-state index contributed by atoms with van der Waals surface area (Å²) in [5.41, 5.74) is 7.96. The molecule has 0 aliphatic rings. The van der Waals surface area contributed by atoms with Crippen molar-refractivity contribution in [2.24, 2.45) is 0 Å². The summed E-state index contributed by atoms with van der Waals surface area (Å²) in [6, 6.07) is 0. The molecule has 2 N–H and O–H groups in total. The summed E-state index contributed by atoms with van der Waals surface area (Å²) >= 11 is 2.78. The molecule has 2 rings (SSSR count). The molecule has 0 aliphatic heterocycles. The fraction of sp³-hybridized carbons (Fsp3) is 0.250. The molecule has 2 heterocycles. The van der Waals surface area contributed by atoms with E-state index in [2.05, 4.69) is 20.2 Å². The third kappa shape index (κ3) is 2.39. The second-order valence-corrected chi connectivity index (χ2v) is 4.71. The lowest BCUT2D eigenvalue weighted by molar-refractivity contribution is 0.327. The Hall–Kier alpha value is -1.41. The van der Waals surface area contributed by atoms with Gasteiger partial charge in [-0.25, -0.2) is 4.98 Å². The van der Waals surface area contributed by atoms with Crippen LogP contribution >= 0.6 is 23.1 Å². The lowest BCUT2D eigenvalue weighted by Crippen LogP contribution is -2.02. The van der Waals surface area contributed by atoms with Gasteiger partial charge in [-0.15, -0.1) is 10.2 Å². The van der Waals surface area contributed by atoms with Gasteiger partial charge in [0, 0.05) is 0 Å². The molecule has 0 spiro atoms. The average molecular weight is 255 g/mol. The van der Waals surface area contributed by atoms with Gasteiger partial charge in [0.1, 0.15) is 22.6 Å². The van der Waals surface area contributed by atoms with Crippen LogP contribution in [0.15, 0.2) is 21.2 Å². The second kappa shape index (κ2) is 5.08. The van der Waals surface area contributed by atoms with Crippen molar-refractivity contribution in [3.63, 3.8) is 0 Å². The molecule has 0 aliphatic carbocycles. The molecule has 0 amide bonds. The number of nitrogens with two attached hydrogens (primary N) is 1. The highest BCUT2D eigenvalue weighted by Gasteiger charge is 2.11. The third-order valence-corrected chi connectivity index (χ3v) is 3.41. The van der Waals surface area contributed by atoms with Gasteiger partial charge in [-0.2, -0.15) is 4.98 Å². The first-order chi connectivity index (χ1) is 7.81. The molecule has 16 heavy (non-hydrogen) atoms. The van der Waals surface area contributed by atoms with Crippen molar-refractivity contribution in [2.75, 3.05) is 12.3 Å². The number of anilines is 1. The quantitative estimate of drug-likeness (QED) is 0.827. The van der Waals surface area contributed by atoms with Crippen LogP contribution in [-0.4, -0.2) is 26.8 Å². The van der Waals surface area contributed by atoms with Crippen LogP contribution < -0.4 is 10.5 Å². The van der Waals surface area contributed by atoms with E-state index >= 15 is 0 Å². The van der Waals surface area contributed by atoms with E-state index in [1.54, 1.807) is 5.51 Å². The first-order valence-corrected chi connectivity index (χ1v) is 6.18. The summed E-state index contributed by atoms with van der Waals surface area (Å²) in [7, 11) is 0. The van der Waals surface area contributed by atoms with Gasteiger partial charge in [-0.3, -0.25) is 0 Å². The van der Waals surface area contributed by atoms with Crippen LogP contribution in [0.3, 0.4) is 0 Å². The van der Waals surface area contributed by atoms with E-state index in [4.69, 9.17) is 10.5 Å². The average Bonchev–Trinajstić information content (AvgIpc) is 2.77. The maximum atomic E-state index is 5.87. The van der Waals surface area contributed by atoms with Crippen LogP contribution in [0.1, 0.15) is 6.92 Å². The molecule has 0 unspecified atom stereocenters. The van der Waals surface area contributed by atoms with Gasteiger partial charge in [0.2, 0.25) is 5.88 Å². The maximum absolute atomic E-state index is 5.87. The Kier molecular flexibility index (Phi) is 3.52. The Morgan fingerprint density at radius 1 is 1.50 bits per heavy atom. The van der Waals surface area contributed by atoms with Crippen molar-refractivity contribution in [3.8, 4) is 5.88 Å². The summed E-state index contributed by atoms with van der Waals surface area (Å²) < 4.78 is 6.06. The predicted octanol–water partition coefficient (Wildman–Crippen LogP) is 1.46. The van der Waals surface area contributed by atoms with Gasteiger partial charge in [0.05, 0.1) is 6.61 Å². The maximum Gasteiger partial charge on any atom is 0.241 e. The number of nitrogen functional groups attached to an aromatic ring is 1. The zero-order valence-corrected chi connectivity index (χ0v) is 10.1. The molecule has 6 nitrogen and oxygen atoms in total. The topological polar surface area (TPSA) is 86.8 Å². The van der Waals surface area contributed by atoms with E-state index in [0.29, 0.717) is 23.2 Å². The molecular weight excluding hydrogens is 246 g/mol. The first-order valence-electron chi connectivity index (χ1n) is 4.48. The van der Waals surface area contributed by atoms with E-state index in [1.165, 1.54) is 29.4 Å². The molecule has 0 bridgehead atoms. The largest absolute Gasteiger partial charge is 0.476 e. The lowest BCUT2D eigenvalue weighted by Gasteiger charge is -2.06. The van der Waals surface area contributed by atoms with Gasteiger partial charge in [0.15, 0.2) is 4.34 Å². The fourth-order valence-corrected chi connectivity index (χ4v) is 2.38. The molecule has 0 aromatic carbocycles. The van der Waals surface area contributed by atoms with Crippen LogP contribution in [0, 0.1) is 0 Å². The Labute approximate surface area is 100 Å². The SMILES string of the molecule is CCOc1ncnc(Sc2nncs2)c1N. The highest BCUT2D eigenvalue weighted by atomic mass is 32.2. The Bertz CT molecular complexity index is 461. The van der Waals surface area contributed by atoms with E-state index in [9.17, 15) is 0 Å². The Morgan fingerprint density at radius 3 is 3.06 bits per heavy atom. The minimum atomic E-state index is 0.407. The summed E-state index contributed by atoms with van der Waals surface area (Å²) in [6.45, 7) is 2.39. The number of hydrogen-bond donors (Lipinski definition) is 1. The van der Waals surface area contributed by atoms with E-state index < -0.39 is 0 Å². The highest BCUT2D eigenvalue weighted by Crippen LogP contribution is 2.34. The molecule has 0 radical (unpaired) electrons. The lowest BCUT2D eigenvalue weighted by atomic mass is 10.5. The van der Waals surface area contributed by atoms with Gasteiger partial charge >= 0.3 is 0 Å². The van der Waals surface area contributed by atoms with Crippen LogP contribution in [-0.2, 0) is 0 Å². The first kappa shape index (κ1) is 11.1. The number of ether oxygens (including phenoxy) is 1. The normalized spacial score (nSPS) is 10.3. The number of nitrogens with zero attached hydrogens (tertiary/aromatic N) is 4. The number of aromatic nitrogens is 4. The molecule has 2 aromatic heterocycles. The number of rotatable bonds is 4. The third-order valence-electron chi connectivity index (χ3n) is 1.62.